The van der Waals surface area contributed by atoms with Crippen molar-refractivity contribution < 1.29 is 14.3 Å². The molecule has 6 heteroatoms. The number of carbonyl (C=O) groups excluding carboxylic acids is 1. The molecule has 3 rings (SSSR count). The molecule has 23 heavy (non-hydrogen) atoms. The van der Waals surface area contributed by atoms with Gasteiger partial charge in [-0.05, 0) is 49.4 Å². The Morgan fingerprint density at radius 2 is 2.00 bits per heavy atom. The molecule has 1 aromatic rings. The van der Waals surface area contributed by atoms with Gasteiger partial charge < -0.3 is 20.1 Å². The van der Waals surface area contributed by atoms with Crippen LogP contribution in [0.4, 0.5) is 0 Å². The molecule has 0 radical (unpaired) electrons. The molecule has 1 amide bonds. The minimum atomic E-state index is 0. The zero-order valence-corrected chi connectivity index (χ0v) is 14.3. The van der Waals surface area contributed by atoms with Gasteiger partial charge in [-0.1, -0.05) is 13.0 Å². The van der Waals surface area contributed by atoms with Crippen molar-refractivity contribution in [2.75, 3.05) is 26.3 Å². The van der Waals surface area contributed by atoms with Crippen LogP contribution in [0.2, 0.25) is 0 Å². The third-order valence-corrected chi connectivity index (χ3v) is 4.13. The van der Waals surface area contributed by atoms with Crippen LogP contribution in [-0.2, 0) is 4.79 Å². The third-order valence-electron chi connectivity index (χ3n) is 4.13. The second-order valence-corrected chi connectivity index (χ2v) is 6.01. The molecule has 5 nitrogen and oxygen atoms in total. The Hall–Kier alpha value is -1.46. The summed E-state index contributed by atoms with van der Waals surface area (Å²) < 4.78 is 11.1. The second-order valence-electron chi connectivity index (χ2n) is 6.01. The summed E-state index contributed by atoms with van der Waals surface area (Å²) in [7, 11) is 0. The zero-order chi connectivity index (χ0) is 15.4. The van der Waals surface area contributed by atoms with Crippen LogP contribution in [0.15, 0.2) is 18.2 Å². The molecule has 0 bridgehead atoms. The Kier molecular flexibility index (Phi) is 6.54. The van der Waals surface area contributed by atoms with Crippen LogP contribution in [0.1, 0.15) is 37.8 Å². The molecular weight excluding hydrogens is 316 g/mol. The molecule has 0 spiro atoms. The molecule has 2 N–H and O–H groups in total. The highest BCUT2D eigenvalue weighted by Gasteiger charge is 2.21. The van der Waals surface area contributed by atoms with Crippen molar-refractivity contribution in [1.82, 2.24) is 10.6 Å². The van der Waals surface area contributed by atoms with E-state index >= 15 is 0 Å². The van der Waals surface area contributed by atoms with Crippen LogP contribution in [0, 0.1) is 5.92 Å². The molecule has 0 aromatic heterocycles. The normalized spacial score (nSPS) is 17.1. The lowest BCUT2D eigenvalue weighted by atomic mass is 10.0. The number of amides is 1. The summed E-state index contributed by atoms with van der Waals surface area (Å²) in [5.74, 6) is 2.38. The summed E-state index contributed by atoms with van der Waals surface area (Å²) in [6.45, 7) is 4.57. The number of ether oxygens (including phenoxy) is 2. The molecule has 2 aliphatic rings. The van der Waals surface area contributed by atoms with Crippen LogP contribution in [0.25, 0.3) is 0 Å². The highest BCUT2D eigenvalue weighted by atomic mass is 35.5. The van der Waals surface area contributed by atoms with Crippen LogP contribution in [0.5, 0.6) is 11.5 Å². The van der Waals surface area contributed by atoms with Gasteiger partial charge in [0.25, 0.3) is 0 Å². The van der Waals surface area contributed by atoms with Crippen LogP contribution < -0.4 is 20.1 Å². The maximum Gasteiger partial charge on any atom is 0.234 e. The Labute approximate surface area is 143 Å². The Balaban J connectivity index is 0.00000192. The average Bonchev–Trinajstić information content (AvgIpc) is 3.36. The van der Waals surface area contributed by atoms with Crippen LogP contribution in [0.3, 0.4) is 0 Å². The van der Waals surface area contributed by atoms with Gasteiger partial charge in [-0.3, -0.25) is 4.79 Å². The molecule has 1 unspecified atom stereocenters. The van der Waals surface area contributed by atoms with Gasteiger partial charge in [-0.2, -0.15) is 0 Å². The first-order valence-corrected chi connectivity index (χ1v) is 8.16. The van der Waals surface area contributed by atoms with E-state index < -0.39 is 0 Å². The lowest BCUT2D eigenvalue weighted by Gasteiger charge is -2.22. The number of nitrogens with one attached hydrogen (secondary N) is 2. The number of rotatable bonds is 7. The Bertz CT molecular complexity index is 535. The van der Waals surface area contributed by atoms with Gasteiger partial charge in [-0.15, -0.1) is 12.4 Å². The average molecular weight is 341 g/mol. The Morgan fingerprint density at radius 3 is 2.70 bits per heavy atom. The lowest BCUT2D eigenvalue weighted by Crippen LogP contribution is -2.36. The predicted octanol–water partition coefficient (Wildman–Crippen LogP) is 2.45. The summed E-state index contributed by atoms with van der Waals surface area (Å²) in [4.78, 5) is 12.0. The van der Waals surface area contributed by atoms with E-state index in [4.69, 9.17) is 9.47 Å². The quantitative estimate of drug-likeness (QED) is 0.800. The van der Waals surface area contributed by atoms with E-state index in [0.717, 1.165) is 35.9 Å². The lowest BCUT2D eigenvalue weighted by molar-refractivity contribution is -0.121. The summed E-state index contributed by atoms with van der Waals surface area (Å²) in [5.41, 5.74) is 1.06. The molecule has 128 valence electrons. The molecule has 1 aromatic carbocycles. The second kappa shape index (κ2) is 8.41. The molecule has 1 aliphatic carbocycles. The molecule has 1 fully saturated rings. The van der Waals surface area contributed by atoms with Gasteiger partial charge in [0.05, 0.1) is 12.6 Å². The maximum absolute atomic E-state index is 12.0. The van der Waals surface area contributed by atoms with Crippen molar-refractivity contribution in [3.63, 3.8) is 0 Å². The Morgan fingerprint density at radius 1 is 1.26 bits per heavy atom. The number of hydrogen-bond acceptors (Lipinski definition) is 4. The first-order chi connectivity index (χ1) is 10.8. The molecular formula is C17H25ClN2O3. The maximum atomic E-state index is 12.0. The van der Waals surface area contributed by atoms with Crippen LogP contribution in [-0.4, -0.2) is 32.2 Å². The number of benzene rings is 1. The highest BCUT2D eigenvalue weighted by molar-refractivity contribution is 5.85. The van der Waals surface area contributed by atoms with Gasteiger partial charge in [0.1, 0.15) is 13.2 Å². The monoisotopic (exact) mass is 340 g/mol. The van der Waals surface area contributed by atoms with Crippen molar-refractivity contribution in [2.24, 2.45) is 5.92 Å². The standard InChI is InChI=1S/C17H24N2O3.ClH/c1-2-14(19-17(20)11-18-10-12-3-4-12)13-5-6-15-16(9-13)22-8-7-21-15;/h5-6,9,12,14,18H,2-4,7-8,10-11H2,1H3,(H,19,20);1H. The molecule has 1 heterocycles. The summed E-state index contributed by atoms with van der Waals surface area (Å²) in [5, 5.41) is 6.31. The van der Waals surface area contributed by atoms with E-state index in [-0.39, 0.29) is 24.4 Å². The minimum Gasteiger partial charge on any atom is -0.486 e. The molecule has 1 saturated carbocycles. The molecule has 1 aliphatic heterocycles. The van der Waals surface area contributed by atoms with E-state index in [0.29, 0.717) is 19.8 Å². The fourth-order valence-electron chi connectivity index (χ4n) is 2.65. The van der Waals surface area contributed by atoms with Crippen molar-refractivity contribution in [2.45, 2.75) is 32.2 Å². The van der Waals surface area contributed by atoms with E-state index in [1.807, 2.05) is 18.2 Å². The number of fused-ring (bicyclic) bond motifs is 1. The first kappa shape index (κ1) is 17.9. The molecule has 0 saturated heterocycles. The fourth-order valence-corrected chi connectivity index (χ4v) is 2.65. The van der Waals surface area contributed by atoms with Gasteiger partial charge in [0.2, 0.25) is 5.91 Å². The van der Waals surface area contributed by atoms with E-state index in [2.05, 4.69) is 17.6 Å². The predicted molar refractivity (Wildman–Crippen MR) is 91.4 cm³/mol. The van der Waals surface area contributed by atoms with Crippen molar-refractivity contribution >= 4 is 18.3 Å². The van der Waals surface area contributed by atoms with Gasteiger partial charge in [0, 0.05) is 0 Å². The SMILES string of the molecule is CCC(NC(=O)CNCC1CC1)c1ccc2c(c1)OCCO2.Cl. The van der Waals surface area contributed by atoms with Crippen molar-refractivity contribution in [3.05, 3.63) is 23.8 Å². The number of halogens is 1. The number of carbonyl (C=O) groups is 1. The number of hydrogen-bond donors (Lipinski definition) is 2. The summed E-state index contributed by atoms with van der Waals surface area (Å²) in [6.07, 6.45) is 3.43. The smallest absolute Gasteiger partial charge is 0.234 e. The van der Waals surface area contributed by atoms with Gasteiger partial charge in [-0.25, -0.2) is 0 Å². The van der Waals surface area contributed by atoms with Crippen LogP contribution >= 0.6 is 12.4 Å². The first-order valence-electron chi connectivity index (χ1n) is 8.16. The third kappa shape index (κ3) is 5.01. The highest BCUT2D eigenvalue weighted by Crippen LogP contribution is 2.33. The zero-order valence-electron chi connectivity index (χ0n) is 13.5. The van der Waals surface area contributed by atoms with E-state index in [1.165, 1.54) is 12.8 Å². The molecule has 1 atom stereocenters. The fraction of sp³-hybridized carbons (Fsp3) is 0.588. The summed E-state index contributed by atoms with van der Waals surface area (Å²) >= 11 is 0. The van der Waals surface area contributed by atoms with Crippen molar-refractivity contribution in [3.8, 4) is 11.5 Å². The van der Waals surface area contributed by atoms with Crippen molar-refractivity contribution in [1.29, 1.82) is 0 Å². The van der Waals surface area contributed by atoms with E-state index in [9.17, 15) is 4.79 Å². The van der Waals surface area contributed by atoms with E-state index in [1.54, 1.807) is 0 Å². The summed E-state index contributed by atoms with van der Waals surface area (Å²) in [6, 6.07) is 5.90. The van der Waals surface area contributed by atoms with Gasteiger partial charge >= 0.3 is 0 Å². The minimum absolute atomic E-state index is 0. The topological polar surface area (TPSA) is 59.6 Å². The van der Waals surface area contributed by atoms with Gasteiger partial charge in [0.15, 0.2) is 11.5 Å². The largest absolute Gasteiger partial charge is 0.486 e.